The van der Waals surface area contributed by atoms with Crippen LogP contribution in [0.3, 0.4) is 0 Å². The fourth-order valence-electron chi connectivity index (χ4n) is 0.601. The Hall–Kier alpha value is -0.610. The van der Waals surface area contributed by atoms with E-state index < -0.39 is 0 Å². The zero-order valence-corrected chi connectivity index (χ0v) is 6.31. The molecule has 0 aromatic heterocycles. The lowest BCUT2D eigenvalue weighted by Crippen LogP contribution is -2.25. The summed E-state index contributed by atoms with van der Waals surface area (Å²) in [5.74, 6) is 0.0822. The SMILES string of the molecule is CNC(=O)CCCNCN. The maximum absolute atomic E-state index is 10.6. The highest BCUT2D eigenvalue weighted by atomic mass is 16.1. The average Bonchev–Trinajstić information content (AvgIpc) is 1.98. The zero-order chi connectivity index (χ0) is 7.82. The number of rotatable bonds is 5. The van der Waals surface area contributed by atoms with Crippen molar-refractivity contribution in [1.82, 2.24) is 10.6 Å². The van der Waals surface area contributed by atoms with Gasteiger partial charge >= 0.3 is 0 Å². The van der Waals surface area contributed by atoms with E-state index in [0.29, 0.717) is 13.1 Å². The Bertz CT molecular complexity index is 95.0. The molecule has 0 saturated carbocycles. The van der Waals surface area contributed by atoms with Crippen LogP contribution in [0.4, 0.5) is 0 Å². The minimum Gasteiger partial charge on any atom is -0.359 e. The van der Waals surface area contributed by atoms with E-state index in [1.165, 1.54) is 0 Å². The smallest absolute Gasteiger partial charge is 0.219 e. The summed E-state index contributed by atoms with van der Waals surface area (Å²) >= 11 is 0. The summed E-state index contributed by atoms with van der Waals surface area (Å²) in [5, 5.41) is 5.47. The topological polar surface area (TPSA) is 67.2 Å². The van der Waals surface area contributed by atoms with Crippen LogP contribution in [0.15, 0.2) is 0 Å². The van der Waals surface area contributed by atoms with Gasteiger partial charge < -0.3 is 16.4 Å². The summed E-state index contributed by atoms with van der Waals surface area (Å²) in [4.78, 5) is 10.6. The van der Waals surface area contributed by atoms with Gasteiger partial charge in [0.25, 0.3) is 0 Å². The van der Waals surface area contributed by atoms with Crippen LogP contribution < -0.4 is 16.4 Å². The molecule has 0 aliphatic carbocycles. The Morgan fingerprint density at radius 1 is 1.60 bits per heavy atom. The van der Waals surface area contributed by atoms with Crippen LogP contribution in [0.1, 0.15) is 12.8 Å². The lowest BCUT2D eigenvalue weighted by molar-refractivity contribution is -0.120. The molecule has 0 aromatic carbocycles. The Balaban J connectivity index is 2.96. The highest BCUT2D eigenvalue weighted by Crippen LogP contribution is 1.84. The lowest BCUT2D eigenvalue weighted by atomic mass is 10.3. The Morgan fingerprint density at radius 3 is 2.80 bits per heavy atom. The Labute approximate surface area is 61.2 Å². The van der Waals surface area contributed by atoms with Gasteiger partial charge in [-0.1, -0.05) is 0 Å². The minimum atomic E-state index is 0.0822. The van der Waals surface area contributed by atoms with E-state index in [0.717, 1.165) is 13.0 Å². The first kappa shape index (κ1) is 9.39. The molecule has 4 heteroatoms. The maximum atomic E-state index is 10.6. The van der Waals surface area contributed by atoms with Gasteiger partial charge in [-0.25, -0.2) is 0 Å². The van der Waals surface area contributed by atoms with Crippen LogP contribution in [-0.2, 0) is 4.79 Å². The van der Waals surface area contributed by atoms with Gasteiger partial charge in [0, 0.05) is 20.1 Å². The molecule has 0 aliphatic heterocycles. The summed E-state index contributed by atoms with van der Waals surface area (Å²) < 4.78 is 0. The van der Waals surface area contributed by atoms with Crippen molar-refractivity contribution in [3.63, 3.8) is 0 Å². The summed E-state index contributed by atoms with van der Waals surface area (Å²) in [5.41, 5.74) is 5.17. The molecule has 0 atom stereocenters. The first-order valence-electron chi connectivity index (χ1n) is 3.42. The van der Waals surface area contributed by atoms with E-state index in [4.69, 9.17) is 5.73 Å². The molecular weight excluding hydrogens is 130 g/mol. The number of carbonyl (C=O) groups excluding carboxylic acids is 1. The molecule has 0 heterocycles. The first-order valence-corrected chi connectivity index (χ1v) is 3.42. The molecule has 60 valence electrons. The monoisotopic (exact) mass is 145 g/mol. The van der Waals surface area contributed by atoms with E-state index in [1.54, 1.807) is 7.05 Å². The summed E-state index contributed by atoms with van der Waals surface area (Å²) in [6.07, 6.45) is 1.42. The van der Waals surface area contributed by atoms with Crippen molar-refractivity contribution >= 4 is 5.91 Å². The molecule has 0 unspecified atom stereocenters. The molecule has 0 spiro atoms. The Kier molecular flexibility index (Phi) is 6.11. The van der Waals surface area contributed by atoms with Gasteiger partial charge in [-0.3, -0.25) is 4.79 Å². The second-order valence-electron chi connectivity index (χ2n) is 1.98. The van der Waals surface area contributed by atoms with E-state index >= 15 is 0 Å². The van der Waals surface area contributed by atoms with Gasteiger partial charge in [-0.2, -0.15) is 0 Å². The van der Waals surface area contributed by atoms with E-state index in [2.05, 4.69) is 10.6 Å². The van der Waals surface area contributed by atoms with Crippen LogP contribution in [0.2, 0.25) is 0 Å². The van der Waals surface area contributed by atoms with Crippen molar-refractivity contribution in [2.24, 2.45) is 5.73 Å². The van der Waals surface area contributed by atoms with Crippen LogP contribution in [-0.4, -0.2) is 26.2 Å². The van der Waals surface area contributed by atoms with Crippen LogP contribution in [0, 0.1) is 0 Å². The number of nitrogens with one attached hydrogen (secondary N) is 2. The van der Waals surface area contributed by atoms with Crippen LogP contribution in [0.25, 0.3) is 0 Å². The molecule has 0 fully saturated rings. The van der Waals surface area contributed by atoms with Crippen LogP contribution in [0.5, 0.6) is 0 Å². The number of amides is 1. The van der Waals surface area contributed by atoms with E-state index in [-0.39, 0.29) is 5.91 Å². The molecular formula is C6H15N3O. The van der Waals surface area contributed by atoms with Gasteiger partial charge in [0.15, 0.2) is 0 Å². The molecule has 0 aliphatic rings. The molecule has 1 amide bonds. The summed E-state index contributed by atoms with van der Waals surface area (Å²) in [6, 6.07) is 0. The molecule has 4 N–H and O–H groups in total. The van der Waals surface area contributed by atoms with Gasteiger partial charge in [0.1, 0.15) is 0 Å². The van der Waals surface area contributed by atoms with Gasteiger partial charge in [0.2, 0.25) is 5.91 Å². The van der Waals surface area contributed by atoms with Crippen molar-refractivity contribution in [3.8, 4) is 0 Å². The minimum absolute atomic E-state index is 0.0822. The molecule has 4 nitrogen and oxygen atoms in total. The standard InChI is InChI=1S/C6H15N3O/c1-8-6(10)3-2-4-9-5-7/h9H,2-5,7H2,1H3,(H,8,10). The predicted octanol–water partition coefficient (Wildman–Crippen LogP) is -0.982. The highest BCUT2D eigenvalue weighted by molar-refractivity contribution is 5.75. The number of hydrogen-bond donors (Lipinski definition) is 3. The lowest BCUT2D eigenvalue weighted by Gasteiger charge is -1.99. The quantitative estimate of drug-likeness (QED) is 0.344. The predicted molar refractivity (Wildman–Crippen MR) is 40.4 cm³/mol. The normalized spacial score (nSPS) is 9.40. The third-order valence-corrected chi connectivity index (χ3v) is 1.18. The largest absolute Gasteiger partial charge is 0.359 e. The first-order chi connectivity index (χ1) is 4.81. The maximum Gasteiger partial charge on any atom is 0.219 e. The van der Waals surface area contributed by atoms with Crippen molar-refractivity contribution in [3.05, 3.63) is 0 Å². The fourth-order valence-corrected chi connectivity index (χ4v) is 0.601. The second-order valence-corrected chi connectivity index (χ2v) is 1.98. The molecule has 0 aromatic rings. The van der Waals surface area contributed by atoms with Crippen molar-refractivity contribution in [2.75, 3.05) is 20.3 Å². The zero-order valence-electron chi connectivity index (χ0n) is 6.31. The van der Waals surface area contributed by atoms with Crippen molar-refractivity contribution in [1.29, 1.82) is 0 Å². The third kappa shape index (κ3) is 5.53. The number of nitrogens with two attached hydrogens (primary N) is 1. The third-order valence-electron chi connectivity index (χ3n) is 1.18. The van der Waals surface area contributed by atoms with Crippen LogP contribution >= 0.6 is 0 Å². The van der Waals surface area contributed by atoms with E-state index in [1.807, 2.05) is 0 Å². The van der Waals surface area contributed by atoms with Crippen molar-refractivity contribution < 1.29 is 4.79 Å². The molecule has 10 heavy (non-hydrogen) atoms. The summed E-state index contributed by atoms with van der Waals surface area (Å²) in [7, 11) is 1.64. The summed E-state index contributed by atoms with van der Waals surface area (Å²) in [6.45, 7) is 1.29. The average molecular weight is 145 g/mol. The van der Waals surface area contributed by atoms with Gasteiger partial charge in [-0.15, -0.1) is 0 Å². The molecule has 0 radical (unpaired) electrons. The van der Waals surface area contributed by atoms with E-state index in [9.17, 15) is 4.79 Å². The number of hydrogen-bond acceptors (Lipinski definition) is 3. The number of carbonyl (C=O) groups is 1. The second kappa shape index (κ2) is 6.51. The van der Waals surface area contributed by atoms with Crippen molar-refractivity contribution in [2.45, 2.75) is 12.8 Å². The fraction of sp³-hybridized carbons (Fsp3) is 0.833. The van der Waals surface area contributed by atoms with Gasteiger partial charge in [0.05, 0.1) is 0 Å². The molecule has 0 saturated heterocycles. The van der Waals surface area contributed by atoms with Gasteiger partial charge in [-0.05, 0) is 13.0 Å². The molecule has 0 bridgehead atoms. The Morgan fingerprint density at radius 2 is 2.30 bits per heavy atom. The molecule has 0 rings (SSSR count). The highest BCUT2D eigenvalue weighted by Gasteiger charge is 1.94.